The summed E-state index contributed by atoms with van der Waals surface area (Å²) in [6.45, 7) is 3.24. The number of halogens is 1. The Kier molecular flexibility index (Phi) is 6.68. The van der Waals surface area contributed by atoms with Gasteiger partial charge in [0.1, 0.15) is 0 Å². The van der Waals surface area contributed by atoms with Crippen molar-refractivity contribution in [3.05, 3.63) is 65.2 Å². The van der Waals surface area contributed by atoms with Gasteiger partial charge in [-0.25, -0.2) is 4.79 Å². The molecule has 27 heavy (non-hydrogen) atoms. The van der Waals surface area contributed by atoms with Crippen LogP contribution in [0.2, 0.25) is 5.02 Å². The predicted octanol–water partition coefficient (Wildman–Crippen LogP) is 2.81. The van der Waals surface area contributed by atoms with Crippen molar-refractivity contribution in [2.45, 2.75) is 6.54 Å². The summed E-state index contributed by atoms with van der Waals surface area (Å²) in [5.41, 5.74) is 1.68. The van der Waals surface area contributed by atoms with Crippen LogP contribution in [0, 0.1) is 0 Å². The average molecular weight is 387 g/mol. The highest BCUT2D eigenvalue weighted by atomic mass is 35.5. The number of benzene rings is 2. The van der Waals surface area contributed by atoms with Gasteiger partial charge in [0.15, 0.2) is 0 Å². The minimum absolute atomic E-state index is 0.0437. The van der Waals surface area contributed by atoms with Gasteiger partial charge in [0.25, 0.3) is 0 Å². The third-order valence-electron chi connectivity index (χ3n) is 4.47. The lowest BCUT2D eigenvalue weighted by Gasteiger charge is -2.34. The molecule has 0 saturated carbocycles. The maximum Gasteiger partial charge on any atom is 0.317 e. The van der Waals surface area contributed by atoms with Crippen molar-refractivity contribution < 1.29 is 9.59 Å². The molecule has 0 atom stereocenters. The van der Waals surface area contributed by atoms with Crippen LogP contribution in [0.25, 0.3) is 0 Å². The van der Waals surface area contributed by atoms with Gasteiger partial charge in [-0.2, -0.15) is 0 Å². The highest BCUT2D eigenvalue weighted by Gasteiger charge is 2.22. The first-order valence-electron chi connectivity index (χ1n) is 8.95. The summed E-state index contributed by atoms with van der Waals surface area (Å²) in [5, 5.41) is 6.43. The van der Waals surface area contributed by atoms with Crippen LogP contribution in [-0.4, -0.2) is 54.5 Å². The van der Waals surface area contributed by atoms with E-state index in [4.69, 9.17) is 11.6 Å². The molecule has 7 heteroatoms. The summed E-state index contributed by atoms with van der Waals surface area (Å²) in [7, 11) is 0. The molecule has 2 aromatic carbocycles. The molecular formula is C20H23ClN4O2. The molecule has 0 bridgehead atoms. The zero-order valence-corrected chi connectivity index (χ0v) is 15.8. The van der Waals surface area contributed by atoms with E-state index in [1.54, 1.807) is 4.90 Å². The molecule has 2 N–H and O–H groups in total. The molecule has 142 valence electrons. The monoisotopic (exact) mass is 386 g/mol. The van der Waals surface area contributed by atoms with Gasteiger partial charge in [0.05, 0.1) is 6.54 Å². The maximum atomic E-state index is 12.3. The largest absolute Gasteiger partial charge is 0.334 e. The number of urea groups is 1. The van der Waals surface area contributed by atoms with Crippen LogP contribution in [0.15, 0.2) is 54.6 Å². The molecule has 0 radical (unpaired) electrons. The van der Waals surface area contributed by atoms with Crippen molar-refractivity contribution >= 4 is 29.2 Å². The molecule has 0 aliphatic carbocycles. The first-order valence-corrected chi connectivity index (χ1v) is 9.33. The highest BCUT2D eigenvalue weighted by molar-refractivity contribution is 6.31. The Bertz CT molecular complexity index is 777. The lowest BCUT2D eigenvalue weighted by Crippen LogP contribution is -2.52. The molecule has 3 rings (SSSR count). The smallest absolute Gasteiger partial charge is 0.317 e. The second-order valence-corrected chi connectivity index (χ2v) is 6.83. The fraction of sp³-hybridized carbons (Fsp3) is 0.300. The van der Waals surface area contributed by atoms with E-state index in [0.717, 1.165) is 11.3 Å². The molecule has 1 fully saturated rings. The van der Waals surface area contributed by atoms with E-state index in [1.807, 2.05) is 54.6 Å². The summed E-state index contributed by atoms with van der Waals surface area (Å²) < 4.78 is 0. The number of carbonyl (C=O) groups is 2. The van der Waals surface area contributed by atoms with E-state index in [2.05, 4.69) is 15.5 Å². The van der Waals surface area contributed by atoms with Crippen molar-refractivity contribution in [3.8, 4) is 0 Å². The third-order valence-corrected chi connectivity index (χ3v) is 4.84. The van der Waals surface area contributed by atoms with Gasteiger partial charge >= 0.3 is 6.03 Å². The van der Waals surface area contributed by atoms with E-state index in [-0.39, 0.29) is 11.9 Å². The van der Waals surface area contributed by atoms with Gasteiger partial charge in [0, 0.05) is 43.4 Å². The molecular weight excluding hydrogens is 364 g/mol. The number of amides is 3. The summed E-state index contributed by atoms with van der Waals surface area (Å²) >= 11 is 6.11. The number of carbonyl (C=O) groups excluding carboxylic acids is 2. The Labute approximate surface area is 164 Å². The Morgan fingerprint density at radius 1 is 0.926 bits per heavy atom. The van der Waals surface area contributed by atoms with Crippen LogP contribution in [0.4, 0.5) is 10.5 Å². The standard InChI is InChI=1S/C20H23ClN4O2/c21-18-9-5-4-6-16(18)14-22-20(27)25-12-10-24(11-13-25)15-19(26)23-17-7-2-1-3-8-17/h1-9H,10-15H2,(H,22,27)(H,23,26). The van der Waals surface area contributed by atoms with Crippen LogP contribution in [0.5, 0.6) is 0 Å². The molecule has 1 aliphatic heterocycles. The molecule has 1 aliphatic rings. The highest BCUT2D eigenvalue weighted by Crippen LogP contribution is 2.14. The predicted molar refractivity (Wildman–Crippen MR) is 107 cm³/mol. The molecule has 1 heterocycles. The number of piperazine rings is 1. The first kappa shape index (κ1) is 19.2. The first-order chi connectivity index (χ1) is 13.1. The molecule has 3 amide bonds. The Morgan fingerprint density at radius 2 is 1.59 bits per heavy atom. The Morgan fingerprint density at radius 3 is 2.30 bits per heavy atom. The maximum absolute atomic E-state index is 12.3. The number of nitrogens with one attached hydrogen (secondary N) is 2. The van der Waals surface area contributed by atoms with Crippen molar-refractivity contribution in [1.29, 1.82) is 0 Å². The third kappa shape index (κ3) is 5.70. The molecule has 0 spiro atoms. The van der Waals surface area contributed by atoms with Gasteiger partial charge in [-0.3, -0.25) is 9.69 Å². The number of hydrogen-bond acceptors (Lipinski definition) is 3. The minimum atomic E-state index is -0.108. The fourth-order valence-electron chi connectivity index (χ4n) is 2.96. The van der Waals surface area contributed by atoms with Gasteiger partial charge in [0.2, 0.25) is 5.91 Å². The van der Waals surface area contributed by atoms with Crippen LogP contribution in [0.1, 0.15) is 5.56 Å². The average Bonchev–Trinajstić information content (AvgIpc) is 2.68. The summed E-state index contributed by atoms with van der Waals surface area (Å²) in [4.78, 5) is 28.3. The number of para-hydroxylation sites is 1. The second kappa shape index (κ2) is 9.39. The zero-order chi connectivity index (χ0) is 19.1. The van der Waals surface area contributed by atoms with Crippen molar-refractivity contribution in [1.82, 2.24) is 15.1 Å². The summed E-state index contributed by atoms with van der Waals surface area (Å²) in [6.07, 6.45) is 0. The second-order valence-electron chi connectivity index (χ2n) is 6.43. The summed E-state index contributed by atoms with van der Waals surface area (Å²) in [5.74, 6) is -0.0437. The number of nitrogens with zero attached hydrogens (tertiary/aromatic N) is 2. The lowest BCUT2D eigenvalue weighted by atomic mass is 10.2. The van der Waals surface area contributed by atoms with Crippen LogP contribution in [0.3, 0.4) is 0 Å². The van der Waals surface area contributed by atoms with E-state index in [0.29, 0.717) is 44.3 Å². The Hall–Kier alpha value is -2.57. The Balaban J connectivity index is 1.40. The van der Waals surface area contributed by atoms with Crippen LogP contribution >= 0.6 is 11.6 Å². The van der Waals surface area contributed by atoms with Crippen molar-refractivity contribution in [3.63, 3.8) is 0 Å². The number of rotatable bonds is 5. The van der Waals surface area contributed by atoms with E-state index in [1.165, 1.54) is 0 Å². The molecule has 0 unspecified atom stereocenters. The van der Waals surface area contributed by atoms with Crippen molar-refractivity contribution in [2.24, 2.45) is 0 Å². The summed E-state index contributed by atoms with van der Waals surface area (Å²) in [6, 6.07) is 16.7. The zero-order valence-electron chi connectivity index (χ0n) is 15.0. The number of anilines is 1. The molecule has 1 saturated heterocycles. The quantitative estimate of drug-likeness (QED) is 0.830. The van der Waals surface area contributed by atoms with Gasteiger partial charge in [-0.15, -0.1) is 0 Å². The van der Waals surface area contributed by atoms with E-state index in [9.17, 15) is 9.59 Å². The van der Waals surface area contributed by atoms with Crippen molar-refractivity contribution in [2.75, 3.05) is 38.0 Å². The topological polar surface area (TPSA) is 64.7 Å². The molecule has 2 aromatic rings. The molecule has 0 aromatic heterocycles. The SMILES string of the molecule is O=C(CN1CCN(C(=O)NCc2ccccc2Cl)CC1)Nc1ccccc1. The van der Waals surface area contributed by atoms with E-state index >= 15 is 0 Å². The lowest BCUT2D eigenvalue weighted by molar-refractivity contribution is -0.117. The molecule has 6 nitrogen and oxygen atoms in total. The normalized spacial score (nSPS) is 14.6. The van der Waals surface area contributed by atoms with Gasteiger partial charge in [-0.1, -0.05) is 48.0 Å². The van der Waals surface area contributed by atoms with Gasteiger partial charge in [-0.05, 0) is 23.8 Å². The van der Waals surface area contributed by atoms with Crippen LogP contribution in [-0.2, 0) is 11.3 Å². The van der Waals surface area contributed by atoms with Crippen LogP contribution < -0.4 is 10.6 Å². The minimum Gasteiger partial charge on any atom is -0.334 e. The van der Waals surface area contributed by atoms with E-state index < -0.39 is 0 Å². The van der Waals surface area contributed by atoms with Gasteiger partial charge < -0.3 is 15.5 Å². The number of hydrogen-bond donors (Lipinski definition) is 2. The fourth-order valence-corrected chi connectivity index (χ4v) is 3.16.